The Hall–Kier alpha value is -0.690. The molecular formula is C15H15Br2NO2S. The molecule has 0 aliphatic rings. The molecule has 0 saturated heterocycles. The van der Waals surface area contributed by atoms with Gasteiger partial charge >= 0.3 is 0 Å². The van der Waals surface area contributed by atoms with Crippen LogP contribution in [-0.2, 0) is 9.84 Å². The monoisotopic (exact) mass is 431 g/mol. The first kappa shape index (κ1) is 16.7. The van der Waals surface area contributed by atoms with E-state index in [0.717, 1.165) is 25.6 Å². The van der Waals surface area contributed by atoms with Gasteiger partial charge in [-0.1, -0.05) is 44.0 Å². The second kappa shape index (κ2) is 6.20. The lowest BCUT2D eigenvalue weighted by atomic mass is 9.99. The molecule has 0 saturated carbocycles. The largest absolute Gasteiger partial charge is 0.320 e. The Balaban J connectivity index is 2.41. The zero-order chi connectivity index (χ0) is 15.8. The van der Waals surface area contributed by atoms with E-state index in [4.69, 9.17) is 5.73 Å². The summed E-state index contributed by atoms with van der Waals surface area (Å²) in [6.07, 6.45) is 1.19. The number of benzene rings is 2. The van der Waals surface area contributed by atoms with Crippen LogP contribution in [0.15, 0.2) is 50.2 Å². The highest BCUT2D eigenvalue weighted by atomic mass is 79.9. The van der Waals surface area contributed by atoms with Crippen LogP contribution in [0.5, 0.6) is 0 Å². The lowest BCUT2D eigenvalue weighted by molar-refractivity contribution is 0.602. The number of hydrogen-bond donors (Lipinski definition) is 1. The van der Waals surface area contributed by atoms with E-state index in [1.807, 2.05) is 19.1 Å². The molecule has 0 spiro atoms. The molecule has 6 heteroatoms. The van der Waals surface area contributed by atoms with Crippen molar-refractivity contribution in [3.05, 3.63) is 62.0 Å². The number of sulfone groups is 1. The second-order valence-electron chi connectivity index (χ2n) is 4.94. The van der Waals surface area contributed by atoms with E-state index in [1.165, 1.54) is 6.26 Å². The predicted molar refractivity (Wildman–Crippen MR) is 92.2 cm³/mol. The number of hydrogen-bond acceptors (Lipinski definition) is 3. The van der Waals surface area contributed by atoms with Gasteiger partial charge in [-0.15, -0.1) is 0 Å². The maximum atomic E-state index is 11.5. The molecule has 1 atom stereocenters. The van der Waals surface area contributed by atoms with E-state index in [2.05, 4.69) is 31.9 Å². The summed E-state index contributed by atoms with van der Waals surface area (Å²) in [6.45, 7) is 2.01. The zero-order valence-corrected chi connectivity index (χ0v) is 15.6. The van der Waals surface area contributed by atoms with Gasteiger partial charge in [0.2, 0.25) is 0 Å². The minimum Gasteiger partial charge on any atom is -0.320 e. The Morgan fingerprint density at radius 3 is 2.14 bits per heavy atom. The number of halogens is 2. The van der Waals surface area contributed by atoms with Gasteiger partial charge < -0.3 is 5.73 Å². The van der Waals surface area contributed by atoms with Gasteiger partial charge in [0, 0.05) is 15.2 Å². The summed E-state index contributed by atoms with van der Waals surface area (Å²) in [5.74, 6) is 0. The Kier molecular flexibility index (Phi) is 4.92. The summed E-state index contributed by atoms with van der Waals surface area (Å²) in [4.78, 5) is 0.294. The van der Waals surface area contributed by atoms with Crippen LogP contribution < -0.4 is 5.73 Å². The minimum absolute atomic E-state index is 0.294. The molecule has 0 fully saturated rings. The Bertz CT molecular complexity index is 771. The van der Waals surface area contributed by atoms with E-state index in [1.54, 1.807) is 24.3 Å². The summed E-state index contributed by atoms with van der Waals surface area (Å²) >= 11 is 7.03. The lowest BCUT2D eigenvalue weighted by Crippen LogP contribution is -2.13. The highest BCUT2D eigenvalue weighted by molar-refractivity contribution is 9.11. The molecule has 2 aromatic carbocycles. The van der Waals surface area contributed by atoms with Crippen LogP contribution in [0.1, 0.15) is 22.7 Å². The van der Waals surface area contributed by atoms with Crippen molar-refractivity contribution in [3.63, 3.8) is 0 Å². The van der Waals surface area contributed by atoms with Crippen molar-refractivity contribution in [3.8, 4) is 0 Å². The van der Waals surface area contributed by atoms with E-state index < -0.39 is 9.84 Å². The fourth-order valence-corrected chi connectivity index (χ4v) is 3.70. The smallest absolute Gasteiger partial charge is 0.175 e. The molecule has 112 valence electrons. The van der Waals surface area contributed by atoms with Crippen LogP contribution >= 0.6 is 31.9 Å². The first-order valence-electron chi connectivity index (χ1n) is 6.21. The Labute approximate surface area is 141 Å². The molecule has 3 nitrogen and oxygen atoms in total. The van der Waals surface area contributed by atoms with Gasteiger partial charge in [-0.25, -0.2) is 8.42 Å². The van der Waals surface area contributed by atoms with Crippen molar-refractivity contribution in [2.24, 2.45) is 5.73 Å². The zero-order valence-electron chi connectivity index (χ0n) is 11.6. The molecule has 0 amide bonds. The van der Waals surface area contributed by atoms with Crippen LogP contribution in [0.2, 0.25) is 0 Å². The molecule has 0 radical (unpaired) electrons. The van der Waals surface area contributed by atoms with E-state index in [9.17, 15) is 8.42 Å². The van der Waals surface area contributed by atoms with Crippen LogP contribution in [0.4, 0.5) is 0 Å². The van der Waals surface area contributed by atoms with Gasteiger partial charge in [-0.2, -0.15) is 0 Å². The van der Waals surface area contributed by atoms with Crippen molar-refractivity contribution < 1.29 is 8.42 Å². The molecule has 1 unspecified atom stereocenters. The summed E-state index contributed by atoms with van der Waals surface area (Å²) in [5.41, 5.74) is 9.22. The van der Waals surface area contributed by atoms with Crippen LogP contribution in [-0.4, -0.2) is 14.7 Å². The molecule has 0 aliphatic carbocycles. The normalized spacial score (nSPS) is 13.2. The summed E-state index contributed by atoms with van der Waals surface area (Å²) in [5, 5.41) is 0. The van der Waals surface area contributed by atoms with Gasteiger partial charge in [0.05, 0.1) is 10.9 Å². The lowest BCUT2D eigenvalue weighted by Gasteiger charge is -2.16. The molecule has 0 aromatic heterocycles. The standard InChI is InChI=1S/C15H15Br2NO2S/c1-9-7-14(17)12(8-13(9)16)15(18)10-3-5-11(6-4-10)21(2,19)20/h3-8,15H,18H2,1-2H3. The van der Waals surface area contributed by atoms with Gasteiger partial charge in [0.1, 0.15) is 0 Å². The highest BCUT2D eigenvalue weighted by Gasteiger charge is 2.15. The molecular weight excluding hydrogens is 418 g/mol. The highest BCUT2D eigenvalue weighted by Crippen LogP contribution is 2.32. The van der Waals surface area contributed by atoms with Crippen molar-refractivity contribution in [2.45, 2.75) is 17.9 Å². The Morgan fingerprint density at radius 2 is 1.62 bits per heavy atom. The van der Waals surface area contributed by atoms with Gasteiger partial charge in [-0.3, -0.25) is 0 Å². The van der Waals surface area contributed by atoms with E-state index in [-0.39, 0.29) is 6.04 Å². The van der Waals surface area contributed by atoms with Gasteiger partial charge in [-0.05, 0) is 47.9 Å². The summed E-state index contributed by atoms with van der Waals surface area (Å²) in [7, 11) is -3.19. The number of aryl methyl sites for hydroxylation is 1. The average Bonchev–Trinajstić information content (AvgIpc) is 2.41. The molecule has 0 heterocycles. The molecule has 2 N–H and O–H groups in total. The molecule has 0 bridgehead atoms. The molecule has 21 heavy (non-hydrogen) atoms. The maximum absolute atomic E-state index is 11.5. The Morgan fingerprint density at radius 1 is 1.05 bits per heavy atom. The SMILES string of the molecule is Cc1cc(Br)c(C(N)c2ccc(S(C)(=O)=O)cc2)cc1Br. The van der Waals surface area contributed by atoms with Crippen molar-refractivity contribution in [1.82, 2.24) is 0 Å². The second-order valence-corrected chi connectivity index (χ2v) is 8.67. The summed E-state index contributed by atoms with van der Waals surface area (Å²) < 4.78 is 24.9. The third-order valence-corrected chi connectivity index (χ3v) is 5.95. The number of rotatable bonds is 3. The van der Waals surface area contributed by atoms with Crippen molar-refractivity contribution >= 4 is 41.7 Å². The van der Waals surface area contributed by atoms with Crippen LogP contribution in [0, 0.1) is 6.92 Å². The number of nitrogens with two attached hydrogens (primary N) is 1. The van der Waals surface area contributed by atoms with Crippen LogP contribution in [0.25, 0.3) is 0 Å². The maximum Gasteiger partial charge on any atom is 0.175 e. The van der Waals surface area contributed by atoms with Gasteiger partial charge in [0.25, 0.3) is 0 Å². The first-order valence-corrected chi connectivity index (χ1v) is 9.69. The van der Waals surface area contributed by atoms with E-state index in [0.29, 0.717) is 4.90 Å². The molecule has 0 aliphatic heterocycles. The molecule has 2 aromatic rings. The van der Waals surface area contributed by atoms with Crippen LogP contribution in [0.3, 0.4) is 0 Å². The van der Waals surface area contributed by atoms with E-state index >= 15 is 0 Å². The topological polar surface area (TPSA) is 60.2 Å². The fraction of sp³-hybridized carbons (Fsp3) is 0.200. The minimum atomic E-state index is -3.19. The van der Waals surface area contributed by atoms with Gasteiger partial charge in [0.15, 0.2) is 9.84 Å². The predicted octanol–water partition coefficient (Wildman–Crippen LogP) is 3.97. The average molecular weight is 433 g/mol. The fourth-order valence-electron chi connectivity index (χ4n) is 2.00. The van der Waals surface area contributed by atoms with Crippen molar-refractivity contribution in [1.29, 1.82) is 0 Å². The van der Waals surface area contributed by atoms with Crippen molar-refractivity contribution in [2.75, 3.05) is 6.26 Å². The summed E-state index contributed by atoms with van der Waals surface area (Å²) in [6, 6.07) is 10.3. The third kappa shape index (κ3) is 3.74. The quantitative estimate of drug-likeness (QED) is 0.797. The first-order chi connectivity index (χ1) is 9.70. The third-order valence-electron chi connectivity index (χ3n) is 3.28. The molecule has 2 rings (SSSR count).